The molecule has 3 aromatic rings. The lowest BCUT2D eigenvalue weighted by atomic mass is 9.94. The van der Waals surface area contributed by atoms with Crippen molar-refractivity contribution in [1.82, 2.24) is 19.2 Å². The van der Waals surface area contributed by atoms with E-state index in [4.69, 9.17) is 26.7 Å². The number of pyridine rings is 1. The molecule has 3 fully saturated rings. The van der Waals surface area contributed by atoms with E-state index in [1.165, 1.54) is 23.7 Å². The van der Waals surface area contributed by atoms with Crippen molar-refractivity contribution < 1.29 is 14.3 Å². The normalized spacial score (nSPS) is 20.8. The zero-order valence-electron chi connectivity index (χ0n) is 23.6. The molecule has 0 radical (unpaired) electrons. The molecule has 1 saturated carbocycles. The van der Waals surface area contributed by atoms with Crippen LogP contribution in [0.1, 0.15) is 48.8 Å². The maximum Gasteiger partial charge on any atom is 0.267 e. The minimum atomic E-state index is -0.176. The summed E-state index contributed by atoms with van der Waals surface area (Å²) in [5.41, 5.74) is 2.99. The van der Waals surface area contributed by atoms with Gasteiger partial charge in [-0.2, -0.15) is 0 Å². The van der Waals surface area contributed by atoms with Crippen molar-refractivity contribution in [3.8, 4) is 11.5 Å². The SMILES string of the molecule is Cc1cccn2c(=O)c(/C=C3/SC(=S)N(C4CCCCC4)C3=O)c(N3CCN(Cc4ccc5c(c4)OCO5)CC3)nc12. The van der Waals surface area contributed by atoms with Gasteiger partial charge in [0.15, 0.2) is 11.5 Å². The molecule has 7 rings (SSSR count). The number of nitrogens with zero attached hydrogens (tertiary/aromatic N) is 5. The predicted molar refractivity (Wildman–Crippen MR) is 168 cm³/mol. The Morgan fingerprint density at radius 3 is 2.64 bits per heavy atom. The smallest absolute Gasteiger partial charge is 0.267 e. The Bertz CT molecular complexity index is 1660. The molecule has 11 heteroatoms. The van der Waals surface area contributed by atoms with E-state index in [1.807, 2.05) is 31.2 Å². The third-order valence-electron chi connectivity index (χ3n) is 8.62. The third-order valence-corrected chi connectivity index (χ3v) is 9.95. The Morgan fingerprint density at radius 2 is 1.83 bits per heavy atom. The number of aromatic nitrogens is 2. The molecule has 1 aliphatic carbocycles. The van der Waals surface area contributed by atoms with Gasteiger partial charge in [0.05, 0.1) is 10.5 Å². The summed E-state index contributed by atoms with van der Waals surface area (Å²) in [6.07, 6.45) is 8.85. The number of fused-ring (bicyclic) bond motifs is 2. The van der Waals surface area contributed by atoms with Crippen LogP contribution in [0.5, 0.6) is 11.5 Å². The Balaban J connectivity index is 1.17. The molecule has 2 saturated heterocycles. The van der Waals surface area contributed by atoms with Gasteiger partial charge >= 0.3 is 0 Å². The Hall–Kier alpha value is -3.41. The van der Waals surface area contributed by atoms with E-state index in [0.717, 1.165) is 62.4 Å². The van der Waals surface area contributed by atoms with Gasteiger partial charge in [0.1, 0.15) is 15.8 Å². The molecule has 4 aliphatic rings. The van der Waals surface area contributed by atoms with Gasteiger partial charge in [0, 0.05) is 45.0 Å². The number of thioether (sulfide) groups is 1. The number of amides is 1. The molecule has 5 heterocycles. The highest BCUT2D eigenvalue weighted by Crippen LogP contribution is 2.38. The second-order valence-corrected chi connectivity index (χ2v) is 13.0. The van der Waals surface area contributed by atoms with Crippen molar-refractivity contribution in [2.75, 3.05) is 37.9 Å². The zero-order valence-corrected chi connectivity index (χ0v) is 25.2. The van der Waals surface area contributed by atoms with E-state index in [-0.39, 0.29) is 24.3 Å². The molecule has 0 bridgehead atoms. The number of hydrogen-bond donors (Lipinski definition) is 0. The highest BCUT2D eigenvalue weighted by Gasteiger charge is 2.38. The van der Waals surface area contributed by atoms with Crippen LogP contribution in [0.25, 0.3) is 11.7 Å². The largest absolute Gasteiger partial charge is 0.454 e. The Morgan fingerprint density at radius 1 is 1.05 bits per heavy atom. The first-order valence-corrected chi connectivity index (χ1v) is 15.8. The van der Waals surface area contributed by atoms with E-state index >= 15 is 0 Å². The number of aryl methyl sites for hydroxylation is 1. The topological polar surface area (TPSA) is 79.6 Å². The second-order valence-electron chi connectivity index (χ2n) is 11.3. The fraction of sp³-hybridized carbons (Fsp3) is 0.419. The molecule has 0 unspecified atom stereocenters. The zero-order chi connectivity index (χ0) is 28.8. The maximum atomic E-state index is 14.0. The molecular formula is C31H33N5O4S2. The number of rotatable bonds is 5. The van der Waals surface area contributed by atoms with Crippen LogP contribution < -0.4 is 19.9 Å². The highest BCUT2D eigenvalue weighted by molar-refractivity contribution is 8.26. The summed E-state index contributed by atoms with van der Waals surface area (Å²) in [6, 6.07) is 10.1. The minimum Gasteiger partial charge on any atom is -0.454 e. The Kier molecular flexibility index (Phi) is 7.41. The maximum absolute atomic E-state index is 14.0. The lowest BCUT2D eigenvalue weighted by Crippen LogP contribution is -2.47. The van der Waals surface area contributed by atoms with E-state index in [2.05, 4.69) is 15.9 Å². The van der Waals surface area contributed by atoms with Crippen LogP contribution in [-0.2, 0) is 11.3 Å². The highest BCUT2D eigenvalue weighted by atomic mass is 32.2. The average molecular weight is 604 g/mol. The molecule has 0 atom stereocenters. The summed E-state index contributed by atoms with van der Waals surface area (Å²) in [7, 11) is 0. The number of benzene rings is 1. The van der Waals surface area contributed by atoms with Crippen LogP contribution in [0, 0.1) is 6.92 Å². The first-order chi connectivity index (χ1) is 20.5. The van der Waals surface area contributed by atoms with E-state index in [1.54, 1.807) is 21.6 Å². The van der Waals surface area contributed by atoms with Gasteiger partial charge in [-0.05, 0) is 55.2 Å². The van der Waals surface area contributed by atoms with E-state index in [0.29, 0.717) is 39.3 Å². The fourth-order valence-electron chi connectivity index (χ4n) is 6.35. The standard InChI is InChI=1S/C31H33N5O4S2/c1-20-6-5-11-35-27(20)32-28(34-14-12-33(13-15-34)18-21-9-10-24-25(16-21)40-19-39-24)23(29(35)37)17-26-30(38)36(31(41)42-26)22-7-3-2-4-8-22/h5-6,9-11,16-17,22H,2-4,7-8,12-15,18-19H2,1H3/b26-17+. The number of anilines is 1. The first kappa shape index (κ1) is 27.4. The Labute approximate surface area is 254 Å². The van der Waals surface area contributed by atoms with Crippen LogP contribution in [0.4, 0.5) is 5.82 Å². The second kappa shape index (κ2) is 11.3. The van der Waals surface area contributed by atoms with Crippen LogP contribution in [0.15, 0.2) is 46.2 Å². The van der Waals surface area contributed by atoms with Gasteiger partial charge in [-0.3, -0.25) is 23.8 Å². The molecule has 1 amide bonds. The van der Waals surface area contributed by atoms with E-state index < -0.39 is 0 Å². The van der Waals surface area contributed by atoms with Crippen molar-refractivity contribution in [2.24, 2.45) is 0 Å². The molecule has 2 aromatic heterocycles. The van der Waals surface area contributed by atoms with Crippen molar-refractivity contribution in [3.05, 3.63) is 68.5 Å². The predicted octanol–water partition coefficient (Wildman–Crippen LogP) is 4.59. The van der Waals surface area contributed by atoms with Crippen LogP contribution in [-0.4, -0.2) is 68.4 Å². The minimum absolute atomic E-state index is 0.0925. The van der Waals surface area contributed by atoms with Gasteiger partial charge in [-0.15, -0.1) is 0 Å². The molecule has 42 heavy (non-hydrogen) atoms. The van der Waals surface area contributed by atoms with Gasteiger partial charge in [0.2, 0.25) is 6.79 Å². The van der Waals surface area contributed by atoms with Crippen molar-refractivity contribution in [3.63, 3.8) is 0 Å². The number of thiocarbonyl (C=S) groups is 1. The summed E-state index contributed by atoms with van der Waals surface area (Å²) in [6.45, 7) is 6.07. The molecule has 0 spiro atoms. The van der Waals surface area contributed by atoms with Gasteiger partial charge in [-0.1, -0.05) is 55.4 Å². The van der Waals surface area contributed by atoms with Crippen LogP contribution in [0.2, 0.25) is 0 Å². The molecular weight excluding hydrogens is 571 g/mol. The number of carbonyl (C=O) groups excluding carboxylic acids is 1. The van der Waals surface area contributed by atoms with Gasteiger partial charge in [0.25, 0.3) is 11.5 Å². The number of piperazine rings is 1. The van der Waals surface area contributed by atoms with Crippen molar-refractivity contribution in [1.29, 1.82) is 0 Å². The fourth-order valence-corrected chi connectivity index (χ4v) is 7.73. The summed E-state index contributed by atoms with van der Waals surface area (Å²) in [5.74, 6) is 2.11. The monoisotopic (exact) mass is 603 g/mol. The molecule has 0 N–H and O–H groups in total. The lowest BCUT2D eigenvalue weighted by Gasteiger charge is -2.36. The molecule has 3 aliphatic heterocycles. The third kappa shape index (κ3) is 5.07. The summed E-state index contributed by atoms with van der Waals surface area (Å²) < 4.78 is 13.2. The van der Waals surface area contributed by atoms with Gasteiger partial charge in [-0.25, -0.2) is 4.98 Å². The molecule has 218 valence electrons. The molecule has 9 nitrogen and oxygen atoms in total. The lowest BCUT2D eigenvalue weighted by molar-refractivity contribution is -0.124. The number of carbonyl (C=O) groups is 1. The van der Waals surface area contributed by atoms with E-state index in [9.17, 15) is 9.59 Å². The quantitative estimate of drug-likeness (QED) is 0.307. The first-order valence-electron chi connectivity index (χ1n) is 14.6. The van der Waals surface area contributed by atoms with Crippen molar-refractivity contribution >= 4 is 51.7 Å². The summed E-state index contributed by atoms with van der Waals surface area (Å²) >= 11 is 6.97. The van der Waals surface area contributed by atoms with Crippen molar-refractivity contribution in [2.45, 2.75) is 51.6 Å². The molecule has 1 aromatic carbocycles. The van der Waals surface area contributed by atoms with Crippen LogP contribution in [0.3, 0.4) is 0 Å². The summed E-state index contributed by atoms with van der Waals surface area (Å²) in [5, 5.41) is 0. The number of hydrogen-bond acceptors (Lipinski definition) is 9. The summed E-state index contributed by atoms with van der Waals surface area (Å²) in [4.78, 5) is 39.4. The van der Waals surface area contributed by atoms with Crippen LogP contribution >= 0.6 is 24.0 Å². The van der Waals surface area contributed by atoms with Gasteiger partial charge < -0.3 is 14.4 Å². The number of ether oxygens (including phenoxy) is 2. The average Bonchev–Trinajstić information content (AvgIpc) is 3.58.